The van der Waals surface area contributed by atoms with Crippen LogP contribution in [-0.2, 0) is 14.3 Å². The molecular formula is C18H37N3O5S. The number of thiol groups is 1. The standard InChI is InChI=1S/C18H37N3O5S/c1-3-4-6-11-26-12-7-5-8-16(23)21(2)18(9-10-22,17(24)25)20-13-15(19)14-27/h15,20,22,27H,3-14,19H2,1-2H3,(H,24,25)/t15-,18-/m0/s1. The molecule has 0 unspecified atom stereocenters. The minimum atomic E-state index is -1.69. The summed E-state index contributed by atoms with van der Waals surface area (Å²) in [5, 5.41) is 21.9. The number of nitrogens with two attached hydrogens (primary N) is 1. The van der Waals surface area contributed by atoms with Gasteiger partial charge in [-0.1, -0.05) is 19.8 Å². The van der Waals surface area contributed by atoms with E-state index >= 15 is 0 Å². The molecule has 0 bridgehead atoms. The van der Waals surface area contributed by atoms with Crippen LogP contribution in [0.25, 0.3) is 0 Å². The zero-order valence-electron chi connectivity index (χ0n) is 16.7. The Morgan fingerprint density at radius 2 is 1.89 bits per heavy atom. The Hall–Kier alpha value is -0.870. The van der Waals surface area contributed by atoms with Crippen molar-refractivity contribution < 1.29 is 24.5 Å². The van der Waals surface area contributed by atoms with E-state index in [0.717, 1.165) is 32.3 Å². The van der Waals surface area contributed by atoms with E-state index in [1.165, 1.54) is 11.9 Å². The number of hydrogen-bond acceptors (Lipinski definition) is 7. The Bertz CT molecular complexity index is 428. The fourth-order valence-electron chi connectivity index (χ4n) is 2.64. The molecule has 8 nitrogen and oxygen atoms in total. The van der Waals surface area contributed by atoms with Gasteiger partial charge in [0, 0.05) is 58.0 Å². The normalized spacial score (nSPS) is 14.6. The lowest BCUT2D eigenvalue weighted by atomic mass is 10.0. The van der Waals surface area contributed by atoms with E-state index in [1.54, 1.807) is 0 Å². The van der Waals surface area contributed by atoms with Crippen LogP contribution in [0.1, 0.15) is 51.9 Å². The summed E-state index contributed by atoms with van der Waals surface area (Å²) in [6, 6.07) is -0.362. The van der Waals surface area contributed by atoms with Crippen molar-refractivity contribution in [3.63, 3.8) is 0 Å². The van der Waals surface area contributed by atoms with Gasteiger partial charge in [-0.25, -0.2) is 4.79 Å². The van der Waals surface area contributed by atoms with Crippen molar-refractivity contribution >= 4 is 24.5 Å². The molecule has 9 heteroatoms. The van der Waals surface area contributed by atoms with Crippen molar-refractivity contribution in [2.45, 2.75) is 63.6 Å². The molecule has 160 valence electrons. The number of aliphatic carboxylic acids is 1. The van der Waals surface area contributed by atoms with Crippen LogP contribution < -0.4 is 11.1 Å². The van der Waals surface area contributed by atoms with E-state index in [1.807, 2.05) is 0 Å². The molecule has 27 heavy (non-hydrogen) atoms. The van der Waals surface area contributed by atoms with E-state index in [-0.39, 0.29) is 37.9 Å². The fourth-order valence-corrected chi connectivity index (χ4v) is 2.77. The molecule has 0 saturated heterocycles. The molecule has 0 fully saturated rings. The Labute approximate surface area is 168 Å². The van der Waals surface area contributed by atoms with Crippen molar-refractivity contribution in [2.24, 2.45) is 5.73 Å². The van der Waals surface area contributed by atoms with Gasteiger partial charge in [-0.2, -0.15) is 12.6 Å². The Morgan fingerprint density at radius 3 is 2.41 bits per heavy atom. The van der Waals surface area contributed by atoms with Gasteiger partial charge in [0.25, 0.3) is 0 Å². The number of hydrogen-bond donors (Lipinski definition) is 5. The van der Waals surface area contributed by atoms with Gasteiger partial charge < -0.3 is 25.6 Å². The van der Waals surface area contributed by atoms with Crippen LogP contribution in [0.3, 0.4) is 0 Å². The molecule has 0 spiro atoms. The maximum atomic E-state index is 12.5. The Morgan fingerprint density at radius 1 is 1.26 bits per heavy atom. The summed E-state index contributed by atoms with van der Waals surface area (Å²) in [7, 11) is 1.44. The number of carboxylic acids is 1. The van der Waals surface area contributed by atoms with Gasteiger partial charge in [0.15, 0.2) is 5.66 Å². The number of likely N-dealkylation sites (N-methyl/N-ethyl adjacent to an activating group) is 1. The molecule has 0 aromatic rings. The first-order valence-corrected chi connectivity index (χ1v) is 10.3. The Balaban J connectivity index is 4.60. The van der Waals surface area contributed by atoms with E-state index < -0.39 is 11.6 Å². The van der Waals surface area contributed by atoms with E-state index in [4.69, 9.17) is 10.5 Å². The number of carbonyl (C=O) groups excluding carboxylic acids is 1. The van der Waals surface area contributed by atoms with Crippen molar-refractivity contribution in [1.82, 2.24) is 10.2 Å². The molecule has 0 aromatic carbocycles. The monoisotopic (exact) mass is 407 g/mol. The third-order valence-electron chi connectivity index (χ3n) is 4.49. The first-order chi connectivity index (χ1) is 12.9. The van der Waals surface area contributed by atoms with Crippen LogP contribution in [0.15, 0.2) is 0 Å². The largest absolute Gasteiger partial charge is 0.478 e. The van der Waals surface area contributed by atoms with Gasteiger partial charge >= 0.3 is 5.97 Å². The number of carboxylic acid groups (broad SMARTS) is 1. The van der Waals surface area contributed by atoms with Crippen LogP contribution in [0.2, 0.25) is 0 Å². The van der Waals surface area contributed by atoms with Gasteiger partial charge in [0.2, 0.25) is 5.91 Å². The SMILES string of the molecule is CCCCCOCCCCC(=O)N(C)[C@](CCO)(NC[C@H](N)CS)C(=O)O. The molecule has 0 aromatic heterocycles. The molecule has 0 radical (unpaired) electrons. The van der Waals surface area contributed by atoms with Crippen LogP contribution in [0.5, 0.6) is 0 Å². The van der Waals surface area contributed by atoms with Gasteiger partial charge in [-0.05, 0) is 19.3 Å². The van der Waals surface area contributed by atoms with Crippen LogP contribution in [0.4, 0.5) is 0 Å². The molecule has 2 atom stereocenters. The lowest BCUT2D eigenvalue weighted by Gasteiger charge is -2.39. The van der Waals surface area contributed by atoms with Crippen LogP contribution in [-0.4, -0.2) is 77.9 Å². The number of nitrogens with one attached hydrogen (secondary N) is 1. The van der Waals surface area contributed by atoms with E-state index in [0.29, 0.717) is 18.8 Å². The first-order valence-electron chi connectivity index (χ1n) is 9.65. The third kappa shape index (κ3) is 9.75. The zero-order chi connectivity index (χ0) is 20.7. The third-order valence-corrected chi connectivity index (χ3v) is 4.96. The number of aliphatic hydroxyl groups is 1. The predicted octanol–water partition coefficient (Wildman–Crippen LogP) is 0.832. The van der Waals surface area contributed by atoms with Crippen molar-refractivity contribution in [3.05, 3.63) is 0 Å². The minimum Gasteiger partial charge on any atom is -0.478 e. The van der Waals surface area contributed by atoms with Gasteiger partial charge in [0.1, 0.15) is 0 Å². The van der Waals surface area contributed by atoms with Crippen molar-refractivity contribution in [2.75, 3.05) is 39.2 Å². The molecule has 1 amide bonds. The second kappa shape index (κ2) is 15.1. The number of nitrogens with zero attached hydrogens (tertiary/aromatic N) is 1. The highest BCUT2D eigenvalue weighted by molar-refractivity contribution is 7.80. The molecule has 5 N–H and O–H groups in total. The second-order valence-electron chi connectivity index (χ2n) is 6.69. The minimum absolute atomic E-state index is 0.135. The summed E-state index contributed by atoms with van der Waals surface area (Å²) in [5.41, 5.74) is 4.11. The zero-order valence-corrected chi connectivity index (χ0v) is 17.5. The second-order valence-corrected chi connectivity index (χ2v) is 7.06. The quantitative estimate of drug-likeness (QED) is 0.137. The molecule has 0 rings (SSSR count). The smallest absolute Gasteiger partial charge is 0.345 e. The number of amides is 1. The molecule has 0 aliphatic rings. The number of aliphatic hydroxyl groups excluding tert-OH is 1. The number of ether oxygens (including phenoxy) is 1. The molecule has 0 saturated carbocycles. The van der Waals surface area contributed by atoms with Crippen molar-refractivity contribution in [1.29, 1.82) is 0 Å². The van der Waals surface area contributed by atoms with Crippen LogP contribution >= 0.6 is 12.6 Å². The number of unbranched alkanes of at least 4 members (excludes halogenated alkanes) is 3. The summed E-state index contributed by atoms with van der Waals surface area (Å²) in [5.74, 6) is -1.15. The Kier molecular flexibility index (Phi) is 14.6. The van der Waals surface area contributed by atoms with Gasteiger partial charge in [-0.3, -0.25) is 10.1 Å². The average molecular weight is 408 g/mol. The maximum absolute atomic E-state index is 12.5. The number of rotatable bonds is 17. The summed E-state index contributed by atoms with van der Waals surface area (Å²) in [6.07, 6.45) is 4.78. The highest BCUT2D eigenvalue weighted by atomic mass is 32.1. The summed E-state index contributed by atoms with van der Waals surface area (Å²) in [6.45, 7) is 3.25. The first kappa shape index (κ1) is 26.1. The molecule has 0 aliphatic heterocycles. The summed E-state index contributed by atoms with van der Waals surface area (Å²) < 4.78 is 5.51. The lowest BCUT2D eigenvalue weighted by molar-refractivity contribution is -0.162. The van der Waals surface area contributed by atoms with E-state index in [9.17, 15) is 19.8 Å². The molecular weight excluding hydrogens is 370 g/mol. The molecule has 0 heterocycles. The van der Waals surface area contributed by atoms with Gasteiger partial charge in [0.05, 0.1) is 0 Å². The highest BCUT2D eigenvalue weighted by Gasteiger charge is 2.44. The fraction of sp³-hybridized carbons (Fsp3) is 0.889. The summed E-state index contributed by atoms with van der Waals surface area (Å²) >= 11 is 4.08. The number of carbonyl (C=O) groups is 2. The van der Waals surface area contributed by atoms with Gasteiger partial charge in [-0.15, -0.1) is 0 Å². The highest BCUT2D eigenvalue weighted by Crippen LogP contribution is 2.18. The van der Waals surface area contributed by atoms with Crippen LogP contribution in [0, 0.1) is 0 Å². The summed E-state index contributed by atoms with van der Waals surface area (Å²) in [4.78, 5) is 25.6. The lowest BCUT2D eigenvalue weighted by Crippen LogP contribution is -2.66. The van der Waals surface area contributed by atoms with E-state index in [2.05, 4.69) is 24.9 Å². The average Bonchev–Trinajstić information content (AvgIpc) is 2.65. The van der Waals surface area contributed by atoms with Crippen molar-refractivity contribution in [3.8, 4) is 0 Å². The maximum Gasteiger partial charge on any atom is 0.345 e. The predicted molar refractivity (Wildman–Crippen MR) is 109 cm³/mol. The topological polar surface area (TPSA) is 125 Å². The molecule has 0 aliphatic carbocycles.